The highest BCUT2D eigenvalue weighted by Gasteiger charge is 2.24. The van der Waals surface area contributed by atoms with Crippen molar-refractivity contribution in [1.29, 1.82) is 0 Å². The number of allylic oxidation sites excluding steroid dienone is 2. The van der Waals surface area contributed by atoms with Gasteiger partial charge in [0.2, 0.25) is 5.91 Å². The Balaban J connectivity index is 4.51. The number of hydrogen-bond donors (Lipinski definition) is 3. The van der Waals surface area contributed by atoms with E-state index in [1.54, 1.807) is 0 Å². The normalized spacial score (nSPS) is 13.3. The standard InChI is InChI=1S/C52H101NO5/c1-4-7-10-13-16-19-22-24-26-28-30-32-35-38-41-44-50(55)49(47-54)53-51(56)46-48(58-52(57)45-42-39-36-33-21-18-15-12-9-6-3)43-40-37-34-31-29-27-25-23-20-17-14-11-8-5-2/h27,29,48-50,54-55H,4-26,28,30-47H2,1-3H3,(H,53,56)/b29-27+. The molecule has 6 heteroatoms. The summed E-state index contributed by atoms with van der Waals surface area (Å²) in [5.41, 5.74) is 0. The minimum absolute atomic E-state index is 0.0737. The van der Waals surface area contributed by atoms with Crippen LogP contribution < -0.4 is 5.32 Å². The zero-order valence-electron chi connectivity index (χ0n) is 39.2. The van der Waals surface area contributed by atoms with Gasteiger partial charge in [0.1, 0.15) is 6.10 Å². The van der Waals surface area contributed by atoms with E-state index in [0.717, 1.165) is 57.8 Å². The van der Waals surface area contributed by atoms with Gasteiger partial charge in [0.25, 0.3) is 0 Å². The van der Waals surface area contributed by atoms with Crippen molar-refractivity contribution in [1.82, 2.24) is 5.32 Å². The third kappa shape index (κ3) is 41.3. The maximum atomic E-state index is 13.2. The Hall–Kier alpha value is -1.40. The van der Waals surface area contributed by atoms with E-state index in [0.29, 0.717) is 19.3 Å². The Morgan fingerprint density at radius 2 is 0.828 bits per heavy atom. The zero-order valence-corrected chi connectivity index (χ0v) is 39.2. The number of carbonyl (C=O) groups excluding carboxylic acids is 2. The molecule has 3 atom stereocenters. The topological polar surface area (TPSA) is 95.9 Å². The second-order valence-electron chi connectivity index (χ2n) is 17.9. The van der Waals surface area contributed by atoms with Crippen molar-refractivity contribution in [3.63, 3.8) is 0 Å². The van der Waals surface area contributed by atoms with Gasteiger partial charge in [-0.05, 0) is 51.4 Å². The lowest BCUT2D eigenvalue weighted by Gasteiger charge is -2.24. The quantitative estimate of drug-likeness (QED) is 0.0323. The number of amides is 1. The van der Waals surface area contributed by atoms with Gasteiger partial charge in [-0.2, -0.15) is 0 Å². The van der Waals surface area contributed by atoms with E-state index in [4.69, 9.17) is 4.74 Å². The Morgan fingerprint density at radius 3 is 1.24 bits per heavy atom. The van der Waals surface area contributed by atoms with Crippen LogP contribution in [-0.4, -0.2) is 46.9 Å². The molecule has 0 spiro atoms. The average Bonchev–Trinajstić information content (AvgIpc) is 3.22. The lowest BCUT2D eigenvalue weighted by atomic mass is 10.0. The molecule has 0 heterocycles. The molecule has 0 rings (SSSR count). The van der Waals surface area contributed by atoms with Crippen LogP contribution in [0.2, 0.25) is 0 Å². The van der Waals surface area contributed by atoms with Crippen molar-refractivity contribution >= 4 is 11.9 Å². The number of nitrogens with one attached hydrogen (secondary N) is 1. The lowest BCUT2D eigenvalue weighted by Crippen LogP contribution is -2.46. The molecule has 0 aliphatic carbocycles. The van der Waals surface area contributed by atoms with Crippen LogP contribution in [0.5, 0.6) is 0 Å². The maximum Gasteiger partial charge on any atom is 0.306 e. The fourth-order valence-corrected chi connectivity index (χ4v) is 8.13. The molecular formula is C52H101NO5. The summed E-state index contributed by atoms with van der Waals surface area (Å²) >= 11 is 0. The summed E-state index contributed by atoms with van der Waals surface area (Å²) in [6, 6.07) is -0.699. The molecular weight excluding hydrogens is 719 g/mol. The first-order chi connectivity index (χ1) is 28.5. The third-order valence-corrected chi connectivity index (χ3v) is 12.1. The first-order valence-corrected chi connectivity index (χ1v) is 25.9. The van der Waals surface area contributed by atoms with E-state index < -0.39 is 18.2 Å². The van der Waals surface area contributed by atoms with Gasteiger partial charge in [0, 0.05) is 6.42 Å². The highest BCUT2D eigenvalue weighted by atomic mass is 16.5. The van der Waals surface area contributed by atoms with Crippen LogP contribution in [0.4, 0.5) is 0 Å². The van der Waals surface area contributed by atoms with Crippen molar-refractivity contribution in [2.75, 3.05) is 6.61 Å². The molecule has 1 amide bonds. The molecule has 6 nitrogen and oxygen atoms in total. The second-order valence-corrected chi connectivity index (χ2v) is 17.9. The molecule has 0 bridgehead atoms. The van der Waals surface area contributed by atoms with Gasteiger partial charge in [-0.25, -0.2) is 0 Å². The maximum absolute atomic E-state index is 13.2. The van der Waals surface area contributed by atoms with E-state index in [2.05, 4.69) is 38.2 Å². The van der Waals surface area contributed by atoms with Crippen molar-refractivity contribution < 1.29 is 24.5 Å². The van der Waals surface area contributed by atoms with E-state index in [1.807, 2.05) is 0 Å². The summed E-state index contributed by atoms with van der Waals surface area (Å²) in [4.78, 5) is 26.1. The fourth-order valence-electron chi connectivity index (χ4n) is 8.13. The van der Waals surface area contributed by atoms with Crippen LogP contribution in [0.3, 0.4) is 0 Å². The van der Waals surface area contributed by atoms with Crippen molar-refractivity contribution in [2.24, 2.45) is 0 Å². The molecule has 0 fully saturated rings. The molecule has 344 valence electrons. The number of hydrogen-bond acceptors (Lipinski definition) is 5. The van der Waals surface area contributed by atoms with Gasteiger partial charge in [0.15, 0.2) is 0 Å². The predicted octanol–water partition coefficient (Wildman–Crippen LogP) is 15.3. The molecule has 0 aromatic heterocycles. The number of ether oxygens (including phenoxy) is 1. The summed E-state index contributed by atoms with van der Waals surface area (Å²) in [5.74, 6) is -0.475. The van der Waals surface area contributed by atoms with Crippen LogP contribution in [0, 0.1) is 0 Å². The Morgan fingerprint density at radius 1 is 0.483 bits per heavy atom. The first kappa shape index (κ1) is 56.6. The second kappa shape index (κ2) is 46.7. The Kier molecular flexibility index (Phi) is 45.5. The van der Waals surface area contributed by atoms with Crippen molar-refractivity contribution in [2.45, 2.75) is 302 Å². The minimum Gasteiger partial charge on any atom is -0.462 e. The molecule has 0 aliphatic heterocycles. The minimum atomic E-state index is -0.785. The van der Waals surface area contributed by atoms with Gasteiger partial charge in [-0.1, -0.05) is 232 Å². The van der Waals surface area contributed by atoms with E-state index >= 15 is 0 Å². The molecule has 58 heavy (non-hydrogen) atoms. The summed E-state index contributed by atoms with van der Waals surface area (Å²) in [6.45, 7) is 6.49. The fraction of sp³-hybridized carbons (Fsp3) is 0.923. The largest absolute Gasteiger partial charge is 0.462 e. The number of aliphatic hydroxyl groups excluding tert-OH is 2. The molecule has 0 saturated carbocycles. The first-order valence-electron chi connectivity index (χ1n) is 25.9. The van der Waals surface area contributed by atoms with Crippen molar-refractivity contribution in [3.05, 3.63) is 12.2 Å². The lowest BCUT2D eigenvalue weighted by molar-refractivity contribution is -0.151. The van der Waals surface area contributed by atoms with Gasteiger partial charge in [-0.3, -0.25) is 9.59 Å². The van der Waals surface area contributed by atoms with E-state index in [-0.39, 0.29) is 24.9 Å². The predicted molar refractivity (Wildman–Crippen MR) is 250 cm³/mol. The van der Waals surface area contributed by atoms with Gasteiger partial charge < -0.3 is 20.3 Å². The SMILES string of the molecule is CCCCCCCCC/C=C/CCCCCC(CC(=O)NC(CO)C(O)CCCCCCCCCCCCCCCCC)OC(=O)CCCCCCCCCCCC. The van der Waals surface area contributed by atoms with Crippen LogP contribution in [0.25, 0.3) is 0 Å². The highest BCUT2D eigenvalue weighted by molar-refractivity contribution is 5.77. The summed E-state index contributed by atoms with van der Waals surface area (Å²) in [5, 5.41) is 23.8. The van der Waals surface area contributed by atoms with Crippen molar-refractivity contribution in [3.8, 4) is 0 Å². The molecule has 0 radical (unpaired) electrons. The van der Waals surface area contributed by atoms with E-state index in [1.165, 1.54) is 180 Å². The van der Waals surface area contributed by atoms with Crippen LogP contribution in [-0.2, 0) is 14.3 Å². The molecule has 0 aromatic carbocycles. The number of unbranched alkanes of at least 4 members (excludes halogenated alkanes) is 33. The molecule has 0 aliphatic rings. The van der Waals surface area contributed by atoms with Gasteiger partial charge >= 0.3 is 5.97 Å². The van der Waals surface area contributed by atoms with Crippen LogP contribution in [0.15, 0.2) is 12.2 Å². The average molecular weight is 820 g/mol. The molecule has 0 saturated heterocycles. The Labute approximate surface area is 361 Å². The zero-order chi connectivity index (χ0) is 42.4. The van der Waals surface area contributed by atoms with Crippen LogP contribution >= 0.6 is 0 Å². The summed E-state index contributed by atoms with van der Waals surface area (Å²) in [6.07, 6.45) is 51.3. The van der Waals surface area contributed by atoms with Crippen LogP contribution in [0.1, 0.15) is 284 Å². The Bertz CT molecular complexity index is 878. The van der Waals surface area contributed by atoms with Gasteiger partial charge in [0.05, 0.1) is 25.2 Å². The highest BCUT2D eigenvalue weighted by Crippen LogP contribution is 2.18. The molecule has 0 aromatic rings. The molecule has 3 unspecified atom stereocenters. The third-order valence-electron chi connectivity index (χ3n) is 12.1. The number of esters is 1. The smallest absolute Gasteiger partial charge is 0.306 e. The molecule has 3 N–H and O–H groups in total. The summed E-state index contributed by atoms with van der Waals surface area (Å²) < 4.78 is 5.91. The monoisotopic (exact) mass is 820 g/mol. The van der Waals surface area contributed by atoms with Gasteiger partial charge in [-0.15, -0.1) is 0 Å². The number of rotatable bonds is 47. The summed E-state index contributed by atoms with van der Waals surface area (Å²) in [7, 11) is 0. The van der Waals surface area contributed by atoms with E-state index in [9.17, 15) is 19.8 Å². The number of aliphatic hydroxyl groups is 2. The number of carbonyl (C=O) groups is 2.